The standard InChI is InChI=1S/C13H23OS/c1-15(11-7-3-2-4-8-11)13-10-6-5-9-12(13)14/h11,13H,2-10H2,1H3/q+1. The van der Waals surface area contributed by atoms with E-state index < -0.39 is 0 Å². The van der Waals surface area contributed by atoms with Crippen molar-refractivity contribution in [3.63, 3.8) is 0 Å². The Hall–Kier alpha value is 0.0200. The summed E-state index contributed by atoms with van der Waals surface area (Å²) in [6, 6.07) is 0. The first-order valence-corrected chi connectivity index (χ1v) is 8.21. The first-order valence-electron chi connectivity index (χ1n) is 6.45. The van der Waals surface area contributed by atoms with Gasteiger partial charge in [0, 0.05) is 12.8 Å². The van der Waals surface area contributed by atoms with Gasteiger partial charge in [-0.25, -0.2) is 0 Å². The molecule has 2 unspecified atom stereocenters. The van der Waals surface area contributed by atoms with E-state index in [0.717, 1.165) is 18.1 Å². The molecule has 0 bridgehead atoms. The molecule has 1 nitrogen and oxygen atoms in total. The molecule has 0 heterocycles. The summed E-state index contributed by atoms with van der Waals surface area (Å²) in [6.45, 7) is 0. The zero-order valence-corrected chi connectivity index (χ0v) is 10.7. The molecule has 2 aliphatic rings. The number of ketones is 1. The third kappa shape index (κ3) is 2.77. The van der Waals surface area contributed by atoms with Crippen LogP contribution < -0.4 is 0 Å². The maximum Gasteiger partial charge on any atom is 0.184 e. The summed E-state index contributed by atoms with van der Waals surface area (Å²) in [5, 5.41) is 1.33. The Bertz CT molecular complexity index is 221. The van der Waals surface area contributed by atoms with Crippen LogP contribution in [0.5, 0.6) is 0 Å². The smallest absolute Gasteiger partial charge is 0.184 e. The highest BCUT2D eigenvalue weighted by molar-refractivity contribution is 7.98. The van der Waals surface area contributed by atoms with Crippen LogP contribution in [0.4, 0.5) is 0 Å². The molecule has 2 atom stereocenters. The summed E-state index contributed by atoms with van der Waals surface area (Å²) in [5.74, 6) is 0.581. The molecule has 0 saturated heterocycles. The zero-order chi connectivity index (χ0) is 10.7. The van der Waals surface area contributed by atoms with Gasteiger partial charge in [-0.15, -0.1) is 0 Å². The molecule has 0 aromatic carbocycles. The Balaban J connectivity index is 1.92. The fourth-order valence-electron chi connectivity index (χ4n) is 3.01. The summed E-state index contributed by atoms with van der Waals surface area (Å²) in [5.41, 5.74) is 0. The van der Waals surface area contributed by atoms with Gasteiger partial charge in [-0.3, -0.25) is 4.79 Å². The van der Waals surface area contributed by atoms with Crippen molar-refractivity contribution in [3.05, 3.63) is 0 Å². The predicted molar refractivity (Wildman–Crippen MR) is 67.4 cm³/mol. The van der Waals surface area contributed by atoms with Gasteiger partial charge >= 0.3 is 0 Å². The van der Waals surface area contributed by atoms with Crippen LogP contribution in [0.1, 0.15) is 57.8 Å². The van der Waals surface area contributed by atoms with Crippen LogP contribution >= 0.6 is 0 Å². The fourth-order valence-corrected chi connectivity index (χ4v) is 5.63. The summed E-state index contributed by atoms with van der Waals surface area (Å²) in [6.07, 6.45) is 13.9. The third-order valence-electron chi connectivity index (χ3n) is 4.03. The predicted octanol–water partition coefficient (Wildman–Crippen LogP) is 3.08. The van der Waals surface area contributed by atoms with Crippen LogP contribution in [-0.4, -0.2) is 22.5 Å². The summed E-state index contributed by atoms with van der Waals surface area (Å²) < 4.78 is 0. The molecule has 2 saturated carbocycles. The first-order chi connectivity index (χ1) is 7.29. The van der Waals surface area contributed by atoms with E-state index in [4.69, 9.17) is 0 Å². The van der Waals surface area contributed by atoms with E-state index in [1.807, 2.05) is 0 Å². The molecule has 0 aromatic heterocycles. The first kappa shape index (κ1) is 11.5. The van der Waals surface area contributed by atoms with E-state index in [9.17, 15) is 4.79 Å². The quantitative estimate of drug-likeness (QED) is 0.663. The SMILES string of the molecule is C[S+](C1CCCCC1)C1CCCCC1=O. The van der Waals surface area contributed by atoms with Crippen LogP contribution in [0.2, 0.25) is 0 Å². The molecular formula is C13H23OS+. The lowest BCUT2D eigenvalue weighted by atomic mass is 9.99. The Morgan fingerprint density at radius 2 is 1.67 bits per heavy atom. The monoisotopic (exact) mass is 227 g/mol. The van der Waals surface area contributed by atoms with E-state index >= 15 is 0 Å². The van der Waals surface area contributed by atoms with Gasteiger partial charge in [0.1, 0.15) is 5.25 Å². The lowest BCUT2D eigenvalue weighted by Gasteiger charge is -2.27. The second-order valence-corrected chi connectivity index (χ2v) is 7.52. The van der Waals surface area contributed by atoms with Crippen LogP contribution in [0.25, 0.3) is 0 Å². The van der Waals surface area contributed by atoms with E-state index in [2.05, 4.69) is 6.26 Å². The minimum atomic E-state index is 0.377. The van der Waals surface area contributed by atoms with Gasteiger partial charge < -0.3 is 0 Å². The van der Waals surface area contributed by atoms with E-state index in [-0.39, 0.29) is 0 Å². The van der Waals surface area contributed by atoms with Crippen molar-refractivity contribution in [3.8, 4) is 0 Å². The minimum absolute atomic E-state index is 0.377. The Morgan fingerprint density at radius 1 is 1.00 bits per heavy atom. The summed E-state index contributed by atoms with van der Waals surface area (Å²) in [7, 11) is 0.377. The average molecular weight is 227 g/mol. The zero-order valence-electron chi connectivity index (χ0n) is 9.84. The molecule has 0 radical (unpaired) electrons. The molecular weight excluding hydrogens is 204 g/mol. The lowest BCUT2D eigenvalue weighted by Crippen LogP contribution is -2.39. The second-order valence-electron chi connectivity index (χ2n) is 5.07. The molecule has 15 heavy (non-hydrogen) atoms. The molecule has 0 N–H and O–H groups in total. The molecule has 0 spiro atoms. The molecule has 2 aliphatic carbocycles. The lowest BCUT2D eigenvalue weighted by molar-refractivity contribution is -0.119. The van der Waals surface area contributed by atoms with Crippen LogP contribution in [0.15, 0.2) is 0 Å². The van der Waals surface area contributed by atoms with Gasteiger partial charge in [0.05, 0.1) is 6.26 Å². The van der Waals surface area contributed by atoms with Gasteiger partial charge in [-0.1, -0.05) is 6.42 Å². The molecule has 0 aliphatic heterocycles. The van der Waals surface area contributed by atoms with E-state index in [1.54, 1.807) is 0 Å². The second kappa shape index (κ2) is 5.38. The van der Waals surface area contributed by atoms with Gasteiger partial charge in [0.2, 0.25) is 0 Å². The Labute approximate surface area is 96.4 Å². The molecule has 2 fully saturated rings. The maximum absolute atomic E-state index is 11.9. The largest absolute Gasteiger partial charge is 0.294 e. The van der Waals surface area contributed by atoms with Crippen molar-refractivity contribution in [1.29, 1.82) is 0 Å². The van der Waals surface area contributed by atoms with Gasteiger partial charge in [0.25, 0.3) is 0 Å². The number of carbonyl (C=O) groups excluding carboxylic acids is 1. The highest BCUT2D eigenvalue weighted by Gasteiger charge is 2.40. The van der Waals surface area contributed by atoms with Gasteiger partial charge in [0.15, 0.2) is 11.0 Å². The number of Topliss-reactive ketones (excluding diaryl/α,β-unsaturated/α-hetero) is 1. The Morgan fingerprint density at radius 3 is 2.33 bits per heavy atom. The van der Waals surface area contributed by atoms with Crippen LogP contribution in [0, 0.1) is 0 Å². The van der Waals surface area contributed by atoms with E-state index in [1.165, 1.54) is 44.9 Å². The van der Waals surface area contributed by atoms with Gasteiger partial charge in [-0.05, 0) is 49.4 Å². The third-order valence-corrected chi connectivity index (χ3v) is 6.94. The normalized spacial score (nSPS) is 31.5. The highest BCUT2D eigenvalue weighted by Crippen LogP contribution is 2.31. The number of hydrogen-bond acceptors (Lipinski definition) is 1. The van der Waals surface area contributed by atoms with Crippen molar-refractivity contribution in [2.75, 3.05) is 6.26 Å². The maximum atomic E-state index is 11.9. The Kier molecular flexibility index (Phi) is 4.13. The molecule has 0 aromatic rings. The van der Waals surface area contributed by atoms with Crippen LogP contribution in [-0.2, 0) is 15.7 Å². The minimum Gasteiger partial charge on any atom is -0.294 e. The molecule has 2 heteroatoms. The summed E-state index contributed by atoms with van der Waals surface area (Å²) >= 11 is 0. The molecule has 0 amide bonds. The van der Waals surface area contributed by atoms with Crippen molar-refractivity contribution in [2.24, 2.45) is 0 Å². The highest BCUT2D eigenvalue weighted by atomic mass is 32.2. The number of carbonyl (C=O) groups is 1. The van der Waals surface area contributed by atoms with Crippen molar-refractivity contribution < 1.29 is 4.79 Å². The molecule has 86 valence electrons. The topological polar surface area (TPSA) is 17.1 Å². The average Bonchev–Trinajstić information content (AvgIpc) is 2.30. The van der Waals surface area contributed by atoms with Crippen molar-refractivity contribution in [1.82, 2.24) is 0 Å². The molecule has 2 rings (SSSR count). The number of rotatable bonds is 2. The van der Waals surface area contributed by atoms with Crippen molar-refractivity contribution in [2.45, 2.75) is 68.3 Å². The summed E-state index contributed by atoms with van der Waals surface area (Å²) in [4.78, 5) is 11.9. The number of hydrogen-bond donors (Lipinski definition) is 0. The van der Waals surface area contributed by atoms with Crippen molar-refractivity contribution >= 4 is 16.7 Å². The van der Waals surface area contributed by atoms with E-state index in [0.29, 0.717) is 21.9 Å². The van der Waals surface area contributed by atoms with Gasteiger partial charge in [-0.2, -0.15) is 0 Å². The van der Waals surface area contributed by atoms with Crippen LogP contribution in [0.3, 0.4) is 0 Å². The fraction of sp³-hybridized carbons (Fsp3) is 0.923.